The Hall–Kier alpha value is -1.54. The summed E-state index contributed by atoms with van der Waals surface area (Å²) < 4.78 is 0. The lowest BCUT2D eigenvalue weighted by Crippen LogP contribution is -2.33. The second-order valence-corrected chi connectivity index (χ2v) is 3.72. The van der Waals surface area contributed by atoms with Crippen molar-refractivity contribution >= 4 is 17.3 Å². The number of nitrogens with one attached hydrogen (secondary N) is 2. The van der Waals surface area contributed by atoms with Crippen molar-refractivity contribution in [2.45, 2.75) is 6.54 Å². The number of guanidine groups is 1. The van der Waals surface area contributed by atoms with Crippen LogP contribution in [-0.4, -0.2) is 20.1 Å². The summed E-state index contributed by atoms with van der Waals surface area (Å²) in [5, 5.41) is 14.7. The van der Waals surface area contributed by atoms with Crippen molar-refractivity contribution in [3.63, 3.8) is 0 Å². The number of hydrogen-bond donors (Lipinski definition) is 2. The molecule has 2 N–H and O–H groups in total. The Labute approximate surface area is 87.3 Å². The molecule has 74 valence electrons. The van der Waals surface area contributed by atoms with Gasteiger partial charge in [0.25, 0.3) is 0 Å². The SMILES string of the molecule is CN=C(NC)NCc1ccc(C#N)s1. The molecule has 4 nitrogen and oxygen atoms in total. The molecule has 0 fully saturated rings. The molecule has 0 aromatic carbocycles. The van der Waals surface area contributed by atoms with E-state index in [1.165, 1.54) is 11.3 Å². The highest BCUT2D eigenvalue weighted by Gasteiger charge is 1.99. The van der Waals surface area contributed by atoms with Crippen LogP contribution in [0.25, 0.3) is 0 Å². The van der Waals surface area contributed by atoms with E-state index in [9.17, 15) is 0 Å². The van der Waals surface area contributed by atoms with Crippen LogP contribution in [0.1, 0.15) is 9.75 Å². The summed E-state index contributed by atoms with van der Waals surface area (Å²) in [7, 11) is 3.53. The molecule has 1 aromatic heterocycles. The molecule has 1 rings (SSSR count). The van der Waals surface area contributed by atoms with Crippen molar-refractivity contribution in [1.82, 2.24) is 10.6 Å². The fourth-order valence-corrected chi connectivity index (χ4v) is 1.73. The van der Waals surface area contributed by atoms with Crippen LogP contribution in [0.5, 0.6) is 0 Å². The molecule has 5 heteroatoms. The molecule has 0 atom stereocenters. The van der Waals surface area contributed by atoms with Crippen LogP contribution in [0.2, 0.25) is 0 Å². The van der Waals surface area contributed by atoms with Gasteiger partial charge in [0.2, 0.25) is 0 Å². The van der Waals surface area contributed by atoms with Gasteiger partial charge >= 0.3 is 0 Å². The summed E-state index contributed by atoms with van der Waals surface area (Å²) in [6.07, 6.45) is 0. The summed E-state index contributed by atoms with van der Waals surface area (Å²) in [5.41, 5.74) is 0. The minimum absolute atomic E-state index is 0.694. The van der Waals surface area contributed by atoms with E-state index >= 15 is 0 Å². The lowest BCUT2D eigenvalue weighted by Gasteiger charge is -2.06. The van der Waals surface area contributed by atoms with Crippen molar-refractivity contribution in [3.05, 3.63) is 21.9 Å². The molecular formula is C9H12N4S. The highest BCUT2D eigenvalue weighted by atomic mass is 32.1. The van der Waals surface area contributed by atoms with Gasteiger partial charge in [0.15, 0.2) is 5.96 Å². The highest BCUT2D eigenvalue weighted by Crippen LogP contribution is 2.14. The first-order valence-electron chi connectivity index (χ1n) is 4.17. The van der Waals surface area contributed by atoms with E-state index in [1.54, 1.807) is 7.05 Å². The number of nitrogens with zero attached hydrogens (tertiary/aromatic N) is 2. The number of aliphatic imine (C=N–C) groups is 1. The maximum Gasteiger partial charge on any atom is 0.191 e. The van der Waals surface area contributed by atoms with E-state index in [1.807, 2.05) is 19.2 Å². The van der Waals surface area contributed by atoms with Crippen molar-refractivity contribution in [2.24, 2.45) is 4.99 Å². The lowest BCUT2D eigenvalue weighted by molar-refractivity contribution is 0.879. The zero-order chi connectivity index (χ0) is 10.4. The van der Waals surface area contributed by atoms with Crippen LogP contribution in [0.15, 0.2) is 17.1 Å². The van der Waals surface area contributed by atoms with E-state index < -0.39 is 0 Å². The van der Waals surface area contributed by atoms with Gasteiger partial charge in [-0.05, 0) is 12.1 Å². The van der Waals surface area contributed by atoms with E-state index in [0.29, 0.717) is 6.54 Å². The second kappa shape index (κ2) is 5.25. The quantitative estimate of drug-likeness (QED) is 0.561. The van der Waals surface area contributed by atoms with Crippen LogP contribution >= 0.6 is 11.3 Å². The Morgan fingerprint density at radius 3 is 2.93 bits per heavy atom. The summed E-state index contributed by atoms with van der Waals surface area (Å²) in [5.74, 6) is 0.747. The molecule has 0 spiro atoms. The van der Waals surface area contributed by atoms with E-state index in [2.05, 4.69) is 21.7 Å². The Kier molecular flexibility index (Phi) is 3.95. The number of thiophene rings is 1. The smallest absolute Gasteiger partial charge is 0.191 e. The van der Waals surface area contributed by atoms with Crippen molar-refractivity contribution in [3.8, 4) is 6.07 Å². The van der Waals surface area contributed by atoms with Gasteiger partial charge in [0, 0.05) is 19.0 Å². The molecule has 1 heterocycles. The fraction of sp³-hybridized carbons (Fsp3) is 0.333. The Balaban J connectivity index is 2.50. The molecule has 0 saturated heterocycles. The molecule has 14 heavy (non-hydrogen) atoms. The molecule has 0 aliphatic heterocycles. The van der Waals surface area contributed by atoms with E-state index in [4.69, 9.17) is 5.26 Å². The third-order valence-corrected chi connectivity index (χ3v) is 2.65. The summed E-state index contributed by atoms with van der Waals surface area (Å²) in [6, 6.07) is 5.87. The van der Waals surface area contributed by atoms with Gasteiger partial charge < -0.3 is 10.6 Å². The molecule has 0 unspecified atom stereocenters. The summed E-state index contributed by atoms with van der Waals surface area (Å²) in [6.45, 7) is 0.694. The van der Waals surface area contributed by atoms with Crippen LogP contribution in [0.3, 0.4) is 0 Å². The first-order valence-corrected chi connectivity index (χ1v) is 4.99. The maximum atomic E-state index is 8.62. The van der Waals surface area contributed by atoms with Crippen molar-refractivity contribution < 1.29 is 0 Å². The molecule has 0 aliphatic rings. The van der Waals surface area contributed by atoms with Gasteiger partial charge in [-0.25, -0.2) is 0 Å². The molecule has 0 bridgehead atoms. The average Bonchev–Trinajstić information content (AvgIpc) is 2.67. The Bertz CT molecular complexity index is 361. The monoisotopic (exact) mass is 208 g/mol. The van der Waals surface area contributed by atoms with Gasteiger partial charge in [-0.3, -0.25) is 4.99 Å². The predicted molar refractivity (Wildman–Crippen MR) is 58.3 cm³/mol. The largest absolute Gasteiger partial charge is 0.359 e. The molecule has 0 radical (unpaired) electrons. The topological polar surface area (TPSA) is 60.2 Å². The van der Waals surface area contributed by atoms with Gasteiger partial charge in [0.05, 0.1) is 6.54 Å². The third kappa shape index (κ3) is 2.75. The van der Waals surface area contributed by atoms with Crippen molar-refractivity contribution in [2.75, 3.05) is 14.1 Å². The minimum atomic E-state index is 0.694. The number of rotatable bonds is 2. The minimum Gasteiger partial charge on any atom is -0.359 e. The maximum absolute atomic E-state index is 8.62. The van der Waals surface area contributed by atoms with Crippen LogP contribution in [-0.2, 0) is 6.54 Å². The van der Waals surface area contributed by atoms with Crippen molar-refractivity contribution in [1.29, 1.82) is 5.26 Å². The highest BCUT2D eigenvalue weighted by molar-refractivity contribution is 7.12. The summed E-state index contributed by atoms with van der Waals surface area (Å²) in [4.78, 5) is 5.84. The van der Waals surface area contributed by atoms with Gasteiger partial charge in [-0.2, -0.15) is 5.26 Å². The standard InChI is InChI=1S/C9H12N4S/c1-11-9(12-2)13-6-8-4-3-7(5-10)14-8/h3-4H,6H2,1-2H3,(H2,11,12,13). The average molecular weight is 208 g/mol. The molecule has 0 amide bonds. The van der Waals surface area contributed by atoms with Crippen LogP contribution < -0.4 is 10.6 Å². The zero-order valence-corrected chi connectivity index (χ0v) is 8.98. The molecular weight excluding hydrogens is 196 g/mol. The first-order chi connectivity index (χ1) is 6.80. The molecule has 0 saturated carbocycles. The molecule has 0 aliphatic carbocycles. The number of hydrogen-bond acceptors (Lipinski definition) is 3. The fourth-order valence-electron chi connectivity index (χ4n) is 0.983. The lowest BCUT2D eigenvalue weighted by atomic mass is 10.4. The second-order valence-electron chi connectivity index (χ2n) is 2.55. The van der Waals surface area contributed by atoms with Crippen LogP contribution in [0, 0.1) is 11.3 Å². The van der Waals surface area contributed by atoms with Gasteiger partial charge in [0.1, 0.15) is 10.9 Å². The predicted octanol–water partition coefficient (Wildman–Crippen LogP) is 0.915. The van der Waals surface area contributed by atoms with Gasteiger partial charge in [-0.15, -0.1) is 11.3 Å². The zero-order valence-electron chi connectivity index (χ0n) is 8.16. The summed E-state index contributed by atoms with van der Waals surface area (Å²) >= 11 is 1.49. The first kappa shape index (κ1) is 10.5. The normalized spacial score (nSPS) is 10.8. The van der Waals surface area contributed by atoms with Gasteiger partial charge in [-0.1, -0.05) is 0 Å². The Morgan fingerprint density at radius 2 is 2.43 bits per heavy atom. The third-order valence-electron chi connectivity index (χ3n) is 1.66. The number of nitriles is 1. The Morgan fingerprint density at radius 1 is 1.64 bits per heavy atom. The van der Waals surface area contributed by atoms with E-state index in [0.717, 1.165) is 15.7 Å². The van der Waals surface area contributed by atoms with E-state index in [-0.39, 0.29) is 0 Å². The van der Waals surface area contributed by atoms with Crippen LogP contribution in [0.4, 0.5) is 0 Å². The molecule has 1 aromatic rings.